The van der Waals surface area contributed by atoms with Crippen LogP contribution < -0.4 is 0 Å². The van der Waals surface area contributed by atoms with Gasteiger partial charge in [0.25, 0.3) is 0 Å². The Hall–Kier alpha value is 0.267. The molecule has 3 heterocycles. The first-order valence-electron chi connectivity index (χ1n) is 3.61. The highest BCUT2D eigenvalue weighted by Gasteiger charge is 2.28. The van der Waals surface area contributed by atoms with Gasteiger partial charge in [-0.05, 0) is 10.4 Å². The smallest absolute Gasteiger partial charge is 0.0368 e. The van der Waals surface area contributed by atoms with E-state index in [0.29, 0.717) is 9.13 Å². The number of thioether (sulfide) groups is 2. The van der Waals surface area contributed by atoms with Crippen molar-refractivity contribution in [1.82, 2.24) is 0 Å². The highest BCUT2D eigenvalue weighted by molar-refractivity contribution is 8.08. The minimum atomic E-state index is 0.440. The standard InChI is InChI=1S/C8H6S2Si/c1-3-9-7-5(1)11-6-2-4-10-8(6)7/h1,11H,3-4H2. The molecule has 0 aromatic carbocycles. The summed E-state index contributed by atoms with van der Waals surface area (Å²) in [5.74, 6) is 2.32. The summed E-state index contributed by atoms with van der Waals surface area (Å²) in [5, 5.41) is 3.21. The number of allylic oxidation sites excluding steroid dienone is 2. The second-order valence-corrected chi connectivity index (χ2v) is 6.16. The van der Waals surface area contributed by atoms with Gasteiger partial charge < -0.3 is 0 Å². The zero-order valence-electron chi connectivity index (χ0n) is 5.89. The molecule has 54 valence electrons. The van der Waals surface area contributed by atoms with Gasteiger partial charge in [0.05, 0.1) is 0 Å². The van der Waals surface area contributed by atoms with E-state index in [1.165, 1.54) is 5.75 Å². The van der Waals surface area contributed by atoms with Crippen LogP contribution in [-0.4, -0.2) is 25.8 Å². The Morgan fingerprint density at radius 2 is 2.36 bits per heavy atom. The minimum absolute atomic E-state index is 0.440. The zero-order chi connectivity index (χ0) is 7.26. The highest BCUT2D eigenvalue weighted by atomic mass is 32.2. The van der Waals surface area contributed by atoms with Crippen molar-refractivity contribution >= 4 is 37.8 Å². The summed E-state index contributed by atoms with van der Waals surface area (Å²) in [6, 6.07) is 0. The van der Waals surface area contributed by atoms with Gasteiger partial charge in [0, 0.05) is 36.9 Å². The third-order valence-electron chi connectivity index (χ3n) is 2.02. The lowest BCUT2D eigenvalue weighted by Crippen LogP contribution is -1.95. The molecule has 0 saturated carbocycles. The lowest BCUT2D eigenvalue weighted by molar-refractivity contribution is 1.73. The zero-order valence-corrected chi connectivity index (χ0v) is 8.67. The molecule has 0 N–H and O–H groups in total. The van der Waals surface area contributed by atoms with Crippen LogP contribution in [0.5, 0.6) is 0 Å². The molecule has 0 aromatic rings. The topological polar surface area (TPSA) is 0 Å². The molecule has 0 aromatic heterocycles. The summed E-state index contributed by atoms with van der Waals surface area (Å²) in [7, 11) is 0.440. The predicted molar refractivity (Wildman–Crippen MR) is 55.4 cm³/mol. The van der Waals surface area contributed by atoms with Crippen LogP contribution in [0.4, 0.5) is 0 Å². The van der Waals surface area contributed by atoms with E-state index in [-0.39, 0.29) is 0 Å². The van der Waals surface area contributed by atoms with Crippen LogP contribution in [0, 0.1) is 6.42 Å². The molecule has 3 aliphatic heterocycles. The average molecular weight is 194 g/mol. The van der Waals surface area contributed by atoms with Crippen molar-refractivity contribution in [2.24, 2.45) is 0 Å². The molecular formula is C8H6S2Si. The molecule has 0 bridgehead atoms. The van der Waals surface area contributed by atoms with Gasteiger partial charge in [-0.1, -0.05) is 6.08 Å². The first-order valence-corrected chi connectivity index (χ1v) is 6.74. The van der Waals surface area contributed by atoms with E-state index in [1.807, 2.05) is 23.5 Å². The molecule has 1 fully saturated rings. The van der Waals surface area contributed by atoms with Gasteiger partial charge in [-0.25, -0.2) is 0 Å². The van der Waals surface area contributed by atoms with Crippen LogP contribution in [0.1, 0.15) is 0 Å². The van der Waals surface area contributed by atoms with E-state index in [4.69, 9.17) is 0 Å². The lowest BCUT2D eigenvalue weighted by atomic mass is 10.3. The first-order chi connectivity index (χ1) is 5.45. The lowest BCUT2D eigenvalue weighted by Gasteiger charge is -1.97. The van der Waals surface area contributed by atoms with Gasteiger partial charge in [0.1, 0.15) is 0 Å². The summed E-state index contributed by atoms with van der Waals surface area (Å²) < 4.78 is 0. The second kappa shape index (κ2) is 2.38. The number of hydrogen-bond acceptors (Lipinski definition) is 2. The van der Waals surface area contributed by atoms with E-state index >= 15 is 0 Å². The fourth-order valence-electron chi connectivity index (χ4n) is 1.52. The van der Waals surface area contributed by atoms with Gasteiger partial charge >= 0.3 is 0 Å². The quantitative estimate of drug-likeness (QED) is 0.533. The highest BCUT2D eigenvalue weighted by Crippen LogP contribution is 2.44. The molecule has 3 aliphatic rings. The number of hydrogen-bond donors (Lipinski definition) is 0. The van der Waals surface area contributed by atoms with Gasteiger partial charge in [-0.2, -0.15) is 0 Å². The predicted octanol–water partition coefficient (Wildman–Crippen LogP) is 1.28. The third-order valence-corrected chi connectivity index (χ3v) is 6.25. The van der Waals surface area contributed by atoms with Crippen molar-refractivity contribution in [2.45, 2.75) is 0 Å². The van der Waals surface area contributed by atoms with Crippen LogP contribution in [0.3, 0.4) is 0 Å². The molecule has 0 amide bonds. The molecule has 0 unspecified atom stereocenters. The van der Waals surface area contributed by atoms with Gasteiger partial charge in [-0.15, -0.1) is 23.5 Å². The fourth-order valence-corrected chi connectivity index (χ4v) is 6.32. The first kappa shape index (κ1) is 6.75. The van der Waals surface area contributed by atoms with E-state index in [2.05, 4.69) is 12.5 Å². The van der Waals surface area contributed by atoms with Crippen molar-refractivity contribution in [2.75, 3.05) is 11.5 Å². The maximum absolute atomic E-state index is 3.45. The van der Waals surface area contributed by atoms with Crippen molar-refractivity contribution in [3.63, 3.8) is 0 Å². The fraction of sp³-hybridized carbons (Fsp3) is 0.250. The minimum Gasteiger partial charge on any atom is -0.124 e. The maximum atomic E-state index is 3.45. The van der Waals surface area contributed by atoms with Gasteiger partial charge in [0.2, 0.25) is 0 Å². The van der Waals surface area contributed by atoms with Crippen LogP contribution >= 0.6 is 23.5 Å². The van der Waals surface area contributed by atoms with E-state index in [1.54, 1.807) is 20.2 Å². The summed E-state index contributed by atoms with van der Waals surface area (Å²) in [6.07, 6.45) is 5.85. The Labute approximate surface area is 77.0 Å². The summed E-state index contributed by atoms with van der Waals surface area (Å²) in [5.41, 5.74) is 0. The number of rotatable bonds is 0. The Balaban J connectivity index is 2.20. The van der Waals surface area contributed by atoms with Crippen LogP contribution in [-0.2, 0) is 0 Å². The van der Waals surface area contributed by atoms with Crippen molar-refractivity contribution in [3.05, 3.63) is 27.5 Å². The molecule has 0 spiro atoms. The molecule has 11 heavy (non-hydrogen) atoms. The normalized spacial score (nSPS) is 26.9. The van der Waals surface area contributed by atoms with Crippen molar-refractivity contribution < 1.29 is 0 Å². The summed E-state index contributed by atoms with van der Waals surface area (Å²) >= 11 is 4.00. The Morgan fingerprint density at radius 3 is 3.36 bits per heavy atom. The van der Waals surface area contributed by atoms with Crippen LogP contribution in [0.15, 0.2) is 21.1 Å². The maximum Gasteiger partial charge on any atom is 0.0368 e. The molecule has 1 saturated heterocycles. The van der Waals surface area contributed by atoms with Crippen molar-refractivity contribution in [3.8, 4) is 0 Å². The Bertz CT molecular complexity index is 312. The van der Waals surface area contributed by atoms with E-state index < -0.39 is 0 Å². The van der Waals surface area contributed by atoms with Crippen LogP contribution in [0.2, 0.25) is 0 Å². The summed E-state index contributed by atoms with van der Waals surface area (Å²) in [4.78, 5) is 3.18. The van der Waals surface area contributed by atoms with Crippen LogP contribution in [0.25, 0.3) is 0 Å². The molecular weight excluding hydrogens is 188 g/mol. The van der Waals surface area contributed by atoms with E-state index in [0.717, 1.165) is 5.75 Å². The van der Waals surface area contributed by atoms with Gasteiger partial charge in [0.15, 0.2) is 0 Å². The molecule has 0 nitrogen and oxygen atoms in total. The third kappa shape index (κ3) is 0.878. The largest absolute Gasteiger partial charge is 0.124 e. The average Bonchev–Trinajstić information content (AvgIpc) is 2.52. The van der Waals surface area contributed by atoms with Crippen molar-refractivity contribution in [1.29, 1.82) is 0 Å². The molecule has 2 radical (unpaired) electrons. The Kier molecular flexibility index (Phi) is 1.46. The van der Waals surface area contributed by atoms with Gasteiger partial charge in [-0.3, -0.25) is 0 Å². The molecule has 0 atom stereocenters. The second-order valence-electron chi connectivity index (χ2n) is 2.65. The Morgan fingerprint density at radius 1 is 1.36 bits per heavy atom. The SMILES string of the molecule is [C]1CSC2=C3SCC=C3[SiH]=C12. The summed E-state index contributed by atoms with van der Waals surface area (Å²) in [6.45, 7) is 0. The number of fused-ring (bicyclic) bond motifs is 2. The molecule has 3 heteroatoms. The van der Waals surface area contributed by atoms with E-state index in [9.17, 15) is 0 Å². The molecule has 0 aliphatic carbocycles. The molecule has 3 rings (SSSR count). The monoisotopic (exact) mass is 194 g/mol.